The van der Waals surface area contributed by atoms with Crippen LogP contribution in [0.4, 0.5) is 4.39 Å². The van der Waals surface area contributed by atoms with Crippen LogP contribution in [0.2, 0.25) is 0 Å². The molecule has 0 atom stereocenters. The van der Waals surface area contributed by atoms with Crippen molar-refractivity contribution in [2.75, 3.05) is 6.61 Å². The quantitative estimate of drug-likeness (QED) is 0.454. The van der Waals surface area contributed by atoms with Gasteiger partial charge >= 0.3 is 0 Å². The highest BCUT2D eigenvalue weighted by molar-refractivity contribution is 5.27. The molecule has 2 aliphatic carbocycles. The third-order valence-corrected chi connectivity index (χ3v) is 7.31. The number of hydrogen-bond donors (Lipinski definition) is 0. The van der Waals surface area contributed by atoms with Gasteiger partial charge in [-0.05, 0) is 80.8 Å². The Balaban J connectivity index is 1.46. The zero-order chi connectivity index (χ0) is 19.1. The van der Waals surface area contributed by atoms with Crippen LogP contribution >= 0.6 is 0 Å². The fourth-order valence-corrected chi connectivity index (χ4v) is 5.51. The Morgan fingerprint density at radius 3 is 2.19 bits per heavy atom. The van der Waals surface area contributed by atoms with E-state index >= 15 is 0 Å². The lowest BCUT2D eigenvalue weighted by atomic mass is 9.68. The molecule has 2 fully saturated rings. The summed E-state index contributed by atoms with van der Waals surface area (Å²) in [4.78, 5) is 0. The van der Waals surface area contributed by atoms with E-state index in [4.69, 9.17) is 4.74 Å². The highest BCUT2D eigenvalue weighted by atomic mass is 19.1. The van der Waals surface area contributed by atoms with E-state index in [0.717, 1.165) is 17.8 Å². The number of hydrogen-bond acceptors (Lipinski definition) is 1. The fraction of sp³-hybridized carbons (Fsp3) is 0.760. The zero-order valence-corrected chi connectivity index (χ0v) is 17.5. The molecule has 152 valence electrons. The van der Waals surface area contributed by atoms with Crippen molar-refractivity contribution in [3.63, 3.8) is 0 Å². The summed E-state index contributed by atoms with van der Waals surface area (Å²) < 4.78 is 19.7. The van der Waals surface area contributed by atoms with Crippen molar-refractivity contribution in [1.82, 2.24) is 0 Å². The normalized spacial score (nSPS) is 29.0. The van der Waals surface area contributed by atoms with E-state index in [1.807, 2.05) is 13.0 Å². The van der Waals surface area contributed by atoms with E-state index in [2.05, 4.69) is 13.0 Å². The number of benzene rings is 1. The Morgan fingerprint density at radius 1 is 0.926 bits per heavy atom. The lowest BCUT2D eigenvalue weighted by molar-refractivity contribution is 0.131. The average molecular weight is 375 g/mol. The molecule has 0 aliphatic heterocycles. The highest BCUT2D eigenvalue weighted by Gasteiger charge is 2.31. The van der Waals surface area contributed by atoms with Crippen LogP contribution in [-0.4, -0.2) is 6.61 Å². The van der Waals surface area contributed by atoms with E-state index in [9.17, 15) is 4.39 Å². The Morgan fingerprint density at radius 2 is 1.59 bits per heavy atom. The Kier molecular flexibility index (Phi) is 8.18. The standard InChI is InChI=1S/C25H39FO/c1-3-5-6-19-7-9-20(10-8-19)21-11-13-22(14-12-21)23-15-16-24(18-27-4-2)25(26)17-23/h15-17,19-22H,3-14,18H2,1-2H3/t19-,20-,21?,22?. The summed E-state index contributed by atoms with van der Waals surface area (Å²) in [5, 5.41) is 0. The molecule has 0 unspecified atom stereocenters. The predicted octanol–water partition coefficient (Wildman–Crippen LogP) is 7.63. The second-order valence-electron chi connectivity index (χ2n) is 9.02. The van der Waals surface area contributed by atoms with Crippen molar-refractivity contribution in [2.24, 2.45) is 17.8 Å². The van der Waals surface area contributed by atoms with E-state index in [1.54, 1.807) is 6.07 Å². The zero-order valence-electron chi connectivity index (χ0n) is 17.5. The number of rotatable bonds is 8. The Bertz CT molecular complexity index is 553. The maximum atomic E-state index is 14.3. The van der Waals surface area contributed by atoms with Gasteiger partial charge in [0.15, 0.2) is 0 Å². The van der Waals surface area contributed by atoms with Gasteiger partial charge in [-0.25, -0.2) is 4.39 Å². The minimum absolute atomic E-state index is 0.0894. The van der Waals surface area contributed by atoms with Gasteiger partial charge in [-0.2, -0.15) is 0 Å². The van der Waals surface area contributed by atoms with Crippen LogP contribution < -0.4 is 0 Å². The van der Waals surface area contributed by atoms with Crippen LogP contribution in [0.3, 0.4) is 0 Å². The minimum Gasteiger partial charge on any atom is -0.377 e. The lowest BCUT2D eigenvalue weighted by Gasteiger charge is -2.38. The van der Waals surface area contributed by atoms with Gasteiger partial charge in [0.25, 0.3) is 0 Å². The predicted molar refractivity (Wildman–Crippen MR) is 111 cm³/mol. The molecule has 0 amide bonds. The monoisotopic (exact) mass is 374 g/mol. The van der Waals surface area contributed by atoms with Crippen LogP contribution in [0.25, 0.3) is 0 Å². The summed E-state index contributed by atoms with van der Waals surface area (Å²) in [6.07, 6.45) is 15.3. The first-order valence-electron chi connectivity index (χ1n) is 11.6. The molecule has 3 rings (SSSR count). The van der Waals surface area contributed by atoms with Crippen molar-refractivity contribution < 1.29 is 9.13 Å². The molecular weight excluding hydrogens is 335 g/mol. The van der Waals surface area contributed by atoms with Gasteiger partial charge in [-0.1, -0.05) is 51.2 Å². The lowest BCUT2D eigenvalue weighted by Crippen LogP contribution is -2.25. The van der Waals surface area contributed by atoms with E-state index < -0.39 is 0 Å². The molecule has 27 heavy (non-hydrogen) atoms. The number of ether oxygens (including phenoxy) is 1. The van der Waals surface area contributed by atoms with Crippen molar-refractivity contribution in [1.29, 1.82) is 0 Å². The number of halogens is 1. The van der Waals surface area contributed by atoms with Crippen molar-refractivity contribution in [3.8, 4) is 0 Å². The van der Waals surface area contributed by atoms with Crippen LogP contribution in [0.5, 0.6) is 0 Å². The topological polar surface area (TPSA) is 9.23 Å². The third kappa shape index (κ3) is 5.79. The van der Waals surface area contributed by atoms with Gasteiger partial charge < -0.3 is 4.74 Å². The first kappa shape index (κ1) is 20.8. The van der Waals surface area contributed by atoms with Gasteiger partial charge in [-0.15, -0.1) is 0 Å². The highest BCUT2D eigenvalue weighted by Crippen LogP contribution is 2.44. The first-order chi connectivity index (χ1) is 13.2. The third-order valence-electron chi connectivity index (χ3n) is 7.31. The van der Waals surface area contributed by atoms with Gasteiger partial charge in [0.2, 0.25) is 0 Å². The molecular formula is C25H39FO. The second kappa shape index (κ2) is 10.6. The molecule has 0 saturated heterocycles. The second-order valence-corrected chi connectivity index (χ2v) is 9.02. The first-order valence-corrected chi connectivity index (χ1v) is 11.6. The summed E-state index contributed by atoms with van der Waals surface area (Å²) in [7, 11) is 0. The largest absolute Gasteiger partial charge is 0.377 e. The van der Waals surface area contributed by atoms with Crippen molar-refractivity contribution >= 4 is 0 Å². The van der Waals surface area contributed by atoms with Crippen LogP contribution in [-0.2, 0) is 11.3 Å². The smallest absolute Gasteiger partial charge is 0.129 e. The summed E-state index contributed by atoms with van der Waals surface area (Å²) in [6.45, 7) is 5.27. The molecule has 2 saturated carbocycles. The Labute approximate surface area is 166 Å². The molecule has 0 heterocycles. The molecule has 0 radical (unpaired) electrons. The van der Waals surface area contributed by atoms with Gasteiger partial charge in [0, 0.05) is 12.2 Å². The van der Waals surface area contributed by atoms with Crippen LogP contribution in [0.15, 0.2) is 18.2 Å². The maximum absolute atomic E-state index is 14.3. The minimum atomic E-state index is -0.0894. The van der Waals surface area contributed by atoms with Gasteiger partial charge in [0.1, 0.15) is 5.82 Å². The van der Waals surface area contributed by atoms with E-state index in [0.29, 0.717) is 24.7 Å². The Hall–Kier alpha value is -0.890. The molecule has 2 aliphatic rings. The average Bonchev–Trinajstić information content (AvgIpc) is 2.72. The summed E-state index contributed by atoms with van der Waals surface area (Å²) in [6, 6.07) is 5.85. The molecule has 1 aromatic rings. The van der Waals surface area contributed by atoms with Crippen molar-refractivity contribution in [3.05, 3.63) is 35.1 Å². The summed E-state index contributed by atoms with van der Waals surface area (Å²) in [5.74, 6) is 3.37. The van der Waals surface area contributed by atoms with Crippen LogP contribution in [0, 0.1) is 23.6 Å². The molecule has 0 N–H and O–H groups in total. The van der Waals surface area contributed by atoms with Crippen molar-refractivity contribution in [2.45, 2.75) is 97.0 Å². The number of unbranched alkanes of at least 4 members (excludes halogenated alkanes) is 1. The molecule has 1 nitrogen and oxygen atoms in total. The fourth-order valence-electron chi connectivity index (χ4n) is 5.51. The summed E-state index contributed by atoms with van der Waals surface area (Å²) in [5.41, 5.74) is 1.89. The molecule has 0 spiro atoms. The molecule has 0 bridgehead atoms. The molecule has 2 heteroatoms. The van der Waals surface area contributed by atoms with Gasteiger partial charge in [-0.3, -0.25) is 0 Å². The SMILES string of the molecule is CCCC[C@H]1CC[C@H](C2CCC(c3ccc(COCC)c(F)c3)CC2)CC1. The van der Waals surface area contributed by atoms with Gasteiger partial charge in [0.05, 0.1) is 6.61 Å². The van der Waals surface area contributed by atoms with E-state index in [-0.39, 0.29) is 5.82 Å². The molecule has 1 aromatic carbocycles. The summed E-state index contributed by atoms with van der Waals surface area (Å²) >= 11 is 0. The maximum Gasteiger partial charge on any atom is 0.129 e. The van der Waals surface area contributed by atoms with Crippen LogP contribution in [0.1, 0.15) is 102 Å². The van der Waals surface area contributed by atoms with E-state index in [1.165, 1.54) is 76.2 Å². The molecule has 0 aromatic heterocycles.